The fourth-order valence-electron chi connectivity index (χ4n) is 5.15. The smallest absolute Gasteiger partial charge is 0.263 e. The summed E-state index contributed by atoms with van der Waals surface area (Å²) in [5, 5.41) is 3.36. The molecule has 2 saturated heterocycles. The molecule has 36 heavy (non-hydrogen) atoms. The number of alkyl halides is 2. The average molecular weight is 528 g/mol. The summed E-state index contributed by atoms with van der Waals surface area (Å²) in [5.74, 6) is -4.52. The first-order chi connectivity index (χ1) is 17.3. The Kier molecular flexibility index (Phi) is 7.45. The molecule has 5 rings (SSSR count). The summed E-state index contributed by atoms with van der Waals surface area (Å²) < 4.78 is 58.9. The minimum atomic E-state index is -2.56. The standard InChI is InChI=1S/C24H29F4N5O2S/c25-15-8-19(26)20(29-11-15)12-30-22(34)21-13-31-23(36-21)32-6-3-16(4-7-32)33-5-1-2-17(14-33)35-18-9-24(27,28)10-18/h8,11,13,16-18H,1-7,9-10,12,14H2,(H,30,34)/t17-/m1/s1. The topological polar surface area (TPSA) is 70.6 Å². The highest BCUT2D eigenvalue weighted by molar-refractivity contribution is 7.17. The third-order valence-corrected chi connectivity index (χ3v) is 8.17. The highest BCUT2D eigenvalue weighted by Gasteiger charge is 2.47. The number of carbonyl (C=O) groups excluding carboxylic acids is 1. The summed E-state index contributed by atoms with van der Waals surface area (Å²) in [5.41, 5.74) is -0.0347. The summed E-state index contributed by atoms with van der Waals surface area (Å²) in [6.07, 6.45) is 5.64. The Morgan fingerprint density at radius 1 is 1.11 bits per heavy atom. The lowest BCUT2D eigenvalue weighted by molar-refractivity contribution is -0.189. The molecule has 196 valence electrons. The molecule has 7 nitrogen and oxygen atoms in total. The van der Waals surface area contributed by atoms with E-state index in [-0.39, 0.29) is 43.2 Å². The molecule has 12 heteroatoms. The van der Waals surface area contributed by atoms with Gasteiger partial charge in [0.1, 0.15) is 16.5 Å². The van der Waals surface area contributed by atoms with Gasteiger partial charge in [0.15, 0.2) is 5.13 Å². The van der Waals surface area contributed by atoms with Crippen LogP contribution < -0.4 is 10.2 Å². The number of hydrogen-bond acceptors (Lipinski definition) is 7. The fraction of sp³-hybridized carbons (Fsp3) is 0.625. The highest BCUT2D eigenvalue weighted by Crippen LogP contribution is 2.40. The molecule has 2 aliphatic heterocycles. The van der Waals surface area contributed by atoms with Crippen LogP contribution in [0.15, 0.2) is 18.5 Å². The Balaban J connectivity index is 1.08. The van der Waals surface area contributed by atoms with E-state index in [1.165, 1.54) is 17.5 Å². The molecule has 3 aliphatic rings. The first kappa shape index (κ1) is 25.3. The second-order valence-electron chi connectivity index (χ2n) is 9.77. The van der Waals surface area contributed by atoms with E-state index in [4.69, 9.17) is 4.74 Å². The van der Waals surface area contributed by atoms with E-state index in [1.54, 1.807) is 0 Å². The number of aromatic nitrogens is 2. The zero-order valence-corrected chi connectivity index (χ0v) is 20.6. The minimum absolute atomic E-state index is 0.0245. The van der Waals surface area contributed by atoms with Gasteiger partial charge in [0.2, 0.25) is 0 Å². The molecule has 1 saturated carbocycles. The first-order valence-corrected chi connectivity index (χ1v) is 13.1. The molecular formula is C24H29F4N5O2S. The van der Waals surface area contributed by atoms with E-state index in [0.717, 1.165) is 69.3 Å². The average Bonchev–Trinajstić information content (AvgIpc) is 3.33. The Morgan fingerprint density at radius 2 is 1.89 bits per heavy atom. The predicted molar refractivity (Wildman–Crippen MR) is 126 cm³/mol. The molecule has 0 unspecified atom stereocenters. The van der Waals surface area contributed by atoms with Gasteiger partial charge in [-0.3, -0.25) is 14.7 Å². The number of rotatable bonds is 7. The number of ether oxygens (including phenoxy) is 1. The third-order valence-electron chi connectivity index (χ3n) is 7.12. The maximum atomic E-state index is 13.7. The number of pyridine rings is 1. The van der Waals surface area contributed by atoms with Crippen molar-refractivity contribution in [3.8, 4) is 0 Å². The lowest BCUT2D eigenvalue weighted by Gasteiger charge is -2.44. The molecule has 2 aromatic rings. The number of amides is 1. The number of anilines is 1. The van der Waals surface area contributed by atoms with Crippen molar-refractivity contribution in [2.24, 2.45) is 0 Å². The van der Waals surface area contributed by atoms with Gasteiger partial charge >= 0.3 is 0 Å². The third kappa shape index (κ3) is 5.97. The molecule has 2 aromatic heterocycles. The summed E-state index contributed by atoms with van der Waals surface area (Å²) in [6.45, 7) is 3.25. The van der Waals surface area contributed by atoms with Gasteiger partial charge in [-0.05, 0) is 32.2 Å². The lowest BCUT2D eigenvalue weighted by Crippen LogP contribution is -2.52. The van der Waals surface area contributed by atoms with Crippen molar-refractivity contribution < 1.29 is 27.1 Å². The Hall–Kier alpha value is -2.31. The molecule has 3 fully saturated rings. The monoisotopic (exact) mass is 527 g/mol. The number of carbonyl (C=O) groups is 1. The number of nitrogens with one attached hydrogen (secondary N) is 1. The van der Waals surface area contributed by atoms with Gasteiger partial charge in [0.05, 0.1) is 36.8 Å². The zero-order valence-electron chi connectivity index (χ0n) is 19.8. The number of likely N-dealkylation sites (tertiary alicyclic amines) is 1. The largest absolute Gasteiger partial charge is 0.373 e. The van der Waals surface area contributed by atoms with Crippen LogP contribution >= 0.6 is 11.3 Å². The van der Waals surface area contributed by atoms with Crippen molar-refractivity contribution in [3.05, 3.63) is 40.7 Å². The Labute approximate surface area is 210 Å². The van der Waals surface area contributed by atoms with Crippen LogP contribution in [-0.2, 0) is 11.3 Å². The molecule has 0 radical (unpaired) electrons. The molecule has 0 aromatic carbocycles. The van der Waals surface area contributed by atoms with Gasteiger partial charge in [-0.2, -0.15) is 0 Å². The first-order valence-electron chi connectivity index (χ1n) is 12.3. The Morgan fingerprint density at radius 3 is 2.61 bits per heavy atom. The number of nitrogens with zero attached hydrogens (tertiary/aromatic N) is 4. The van der Waals surface area contributed by atoms with Gasteiger partial charge < -0.3 is 15.0 Å². The molecule has 4 heterocycles. The summed E-state index contributed by atoms with van der Waals surface area (Å²) in [7, 11) is 0. The van der Waals surface area contributed by atoms with E-state index in [9.17, 15) is 22.4 Å². The van der Waals surface area contributed by atoms with E-state index < -0.39 is 17.6 Å². The number of halogens is 4. The van der Waals surface area contributed by atoms with Crippen LogP contribution in [0.4, 0.5) is 22.7 Å². The second-order valence-corrected chi connectivity index (χ2v) is 10.8. The van der Waals surface area contributed by atoms with Gasteiger partial charge in [0.25, 0.3) is 11.8 Å². The lowest BCUT2D eigenvalue weighted by atomic mass is 9.90. The van der Waals surface area contributed by atoms with E-state index in [0.29, 0.717) is 10.9 Å². The SMILES string of the molecule is O=C(NCc1ncc(F)cc1F)c1cnc(N2CCC(N3CCC[C@@H](OC4CC(F)(F)C4)C3)CC2)s1. The molecule has 1 N–H and O–H groups in total. The summed E-state index contributed by atoms with van der Waals surface area (Å²) in [4.78, 5) is 25.6. The van der Waals surface area contributed by atoms with Crippen LogP contribution in [0.5, 0.6) is 0 Å². The maximum absolute atomic E-state index is 13.7. The highest BCUT2D eigenvalue weighted by atomic mass is 32.1. The molecule has 1 atom stereocenters. The number of thiazole rings is 1. The quantitative estimate of drug-likeness (QED) is 0.549. The second kappa shape index (κ2) is 10.6. The van der Waals surface area contributed by atoms with Crippen LogP contribution in [0.3, 0.4) is 0 Å². The minimum Gasteiger partial charge on any atom is -0.373 e. The fourth-order valence-corrected chi connectivity index (χ4v) is 6.03. The van der Waals surface area contributed by atoms with E-state index >= 15 is 0 Å². The van der Waals surface area contributed by atoms with Gasteiger partial charge in [-0.1, -0.05) is 11.3 Å². The predicted octanol–water partition coefficient (Wildman–Crippen LogP) is 3.99. The van der Waals surface area contributed by atoms with Gasteiger partial charge in [0, 0.05) is 44.6 Å². The molecule has 0 bridgehead atoms. The molecule has 1 amide bonds. The van der Waals surface area contributed by atoms with Gasteiger partial charge in [-0.15, -0.1) is 0 Å². The molecule has 1 aliphatic carbocycles. The van der Waals surface area contributed by atoms with Crippen molar-refractivity contribution in [1.29, 1.82) is 0 Å². The van der Waals surface area contributed by atoms with Crippen LogP contribution in [-0.4, -0.2) is 71.1 Å². The maximum Gasteiger partial charge on any atom is 0.263 e. The molecular weight excluding hydrogens is 498 g/mol. The van der Waals surface area contributed by atoms with Crippen molar-refractivity contribution in [2.75, 3.05) is 31.1 Å². The van der Waals surface area contributed by atoms with E-state index in [2.05, 4.69) is 25.1 Å². The van der Waals surface area contributed by atoms with Crippen molar-refractivity contribution in [3.63, 3.8) is 0 Å². The normalized spacial score (nSPS) is 23.4. The van der Waals surface area contributed by atoms with Crippen LogP contribution in [0, 0.1) is 11.6 Å². The van der Waals surface area contributed by atoms with Crippen LogP contribution in [0.2, 0.25) is 0 Å². The van der Waals surface area contributed by atoms with Crippen molar-refractivity contribution in [1.82, 2.24) is 20.2 Å². The van der Waals surface area contributed by atoms with E-state index in [1.807, 2.05) is 0 Å². The van der Waals surface area contributed by atoms with Gasteiger partial charge in [-0.25, -0.2) is 22.5 Å². The van der Waals surface area contributed by atoms with Crippen LogP contribution in [0.25, 0.3) is 0 Å². The van der Waals surface area contributed by atoms with Crippen molar-refractivity contribution in [2.45, 2.75) is 69.2 Å². The zero-order chi connectivity index (χ0) is 25.3. The molecule has 0 spiro atoms. The number of hydrogen-bond donors (Lipinski definition) is 1. The van der Waals surface area contributed by atoms with Crippen LogP contribution in [0.1, 0.15) is 53.9 Å². The number of piperidine rings is 2. The Bertz CT molecular complexity index is 1070. The van der Waals surface area contributed by atoms with Crippen molar-refractivity contribution >= 4 is 22.4 Å². The summed E-state index contributed by atoms with van der Waals surface area (Å²) >= 11 is 1.28. The summed E-state index contributed by atoms with van der Waals surface area (Å²) in [6, 6.07) is 1.14.